The molecule has 0 saturated heterocycles. The van der Waals surface area contributed by atoms with Gasteiger partial charge in [0.15, 0.2) is 0 Å². The predicted octanol–water partition coefficient (Wildman–Crippen LogP) is 5.72. The second kappa shape index (κ2) is 11.6. The molecule has 1 aromatic heterocycles. The van der Waals surface area contributed by atoms with Gasteiger partial charge >= 0.3 is 5.97 Å². The fourth-order valence-corrected chi connectivity index (χ4v) is 4.01. The Kier molecular flexibility index (Phi) is 8.06. The molecule has 7 heteroatoms. The number of halogens is 1. The largest absolute Gasteiger partial charge is 0.481 e. The van der Waals surface area contributed by atoms with E-state index in [0.29, 0.717) is 47.4 Å². The minimum atomic E-state index is -0.810. The van der Waals surface area contributed by atoms with Crippen molar-refractivity contribution in [1.29, 1.82) is 0 Å². The number of carbonyl (C=O) groups excluding carboxylic acids is 1. The van der Waals surface area contributed by atoms with E-state index in [1.165, 1.54) is 5.56 Å². The topological polar surface area (TPSA) is 92.2 Å². The van der Waals surface area contributed by atoms with E-state index in [1.54, 1.807) is 24.3 Å². The molecule has 0 aliphatic heterocycles. The Morgan fingerprint density at radius 2 is 1.63 bits per heavy atom. The highest BCUT2D eigenvalue weighted by atomic mass is 35.5. The molecule has 0 fully saturated rings. The molecule has 1 heterocycles. The minimum absolute atomic E-state index is 0.116. The van der Waals surface area contributed by atoms with Crippen LogP contribution in [-0.4, -0.2) is 33.5 Å². The van der Waals surface area contributed by atoms with E-state index in [0.717, 1.165) is 23.4 Å². The highest BCUT2D eigenvalue weighted by Gasteiger charge is 2.14. The molecule has 3 aromatic carbocycles. The Bertz CT molecular complexity index is 1320. The Morgan fingerprint density at radius 1 is 0.857 bits per heavy atom. The molecular formula is C28H26ClN3O3. The van der Waals surface area contributed by atoms with Crippen LogP contribution < -0.4 is 5.32 Å². The lowest BCUT2D eigenvalue weighted by Crippen LogP contribution is -2.25. The first-order valence-corrected chi connectivity index (χ1v) is 12.0. The summed E-state index contributed by atoms with van der Waals surface area (Å²) in [7, 11) is 0. The number of aryl methyl sites for hydroxylation is 1. The Morgan fingerprint density at radius 3 is 2.37 bits per heavy atom. The van der Waals surface area contributed by atoms with Crippen molar-refractivity contribution in [1.82, 2.24) is 15.3 Å². The van der Waals surface area contributed by atoms with Crippen LogP contribution in [0, 0.1) is 0 Å². The summed E-state index contributed by atoms with van der Waals surface area (Å²) < 4.78 is 0. The van der Waals surface area contributed by atoms with Gasteiger partial charge in [-0.2, -0.15) is 0 Å². The molecular weight excluding hydrogens is 462 g/mol. The number of aliphatic carboxylic acids is 1. The van der Waals surface area contributed by atoms with Gasteiger partial charge in [0.1, 0.15) is 0 Å². The minimum Gasteiger partial charge on any atom is -0.481 e. The van der Waals surface area contributed by atoms with Gasteiger partial charge in [0, 0.05) is 29.1 Å². The molecule has 1 amide bonds. The quantitative estimate of drug-likeness (QED) is 0.279. The van der Waals surface area contributed by atoms with Crippen molar-refractivity contribution in [2.45, 2.75) is 32.1 Å². The van der Waals surface area contributed by atoms with Gasteiger partial charge in [-0.3, -0.25) is 9.59 Å². The van der Waals surface area contributed by atoms with Crippen molar-refractivity contribution < 1.29 is 14.7 Å². The van der Waals surface area contributed by atoms with Crippen LogP contribution in [0.3, 0.4) is 0 Å². The number of nitrogens with one attached hydrogen (secondary N) is 1. The van der Waals surface area contributed by atoms with E-state index < -0.39 is 5.97 Å². The van der Waals surface area contributed by atoms with E-state index in [-0.39, 0.29) is 12.3 Å². The summed E-state index contributed by atoms with van der Waals surface area (Å²) in [6.45, 7) is 0.539. The van der Waals surface area contributed by atoms with E-state index in [9.17, 15) is 9.59 Å². The van der Waals surface area contributed by atoms with Gasteiger partial charge in [0.2, 0.25) is 0 Å². The molecule has 4 aromatic rings. The van der Waals surface area contributed by atoms with E-state index in [2.05, 4.69) is 5.32 Å². The van der Waals surface area contributed by atoms with E-state index in [4.69, 9.17) is 26.7 Å². The summed E-state index contributed by atoms with van der Waals surface area (Å²) in [5.41, 5.74) is 5.41. The highest BCUT2D eigenvalue weighted by molar-refractivity contribution is 6.30. The summed E-state index contributed by atoms with van der Waals surface area (Å²) >= 11 is 6.05. The van der Waals surface area contributed by atoms with Crippen molar-refractivity contribution >= 4 is 34.5 Å². The third-order valence-corrected chi connectivity index (χ3v) is 5.96. The first-order valence-electron chi connectivity index (χ1n) is 11.6. The molecule has 0 atom stereocenters. The van der Waals surface area contributed by atoms with Gasteiger partial charge in [-0.15, -0.1) is 0 Å². The number of hydrogen-bond donors (Lipinski definition) is 2. The van der Waals surface area contributed by atoms with Gasteiger partial charge < -0.3 is 10.4 Å². The second-order valence-corrected chi connectivity index (χ2v) is 8.76. The summed E-state index contributed by atoms with van der Waals surface area (Å²) in [6, 6.07) is 22.7. The zero-order valence-electron chi connectivity index (χ0n) is 19.2. The number of fused-ring (bicyclic) bond motifs is 1. The zero-order valence-corrected chi connectivity index (χ0v) is 20.0. The van der Waals surface area contributed by atoms with Crippen molar-refractivity contribution in [2.75, 3.05) is 6.54 Å². The average molecular weight is 488 g/mol. The third kappa shape index (κ3) is 6.64. The highest BCUT2D eigenvalue weighted by Crippen LogP contribution is 2.26. The number of carboxylic acid groups (broad SMARTS) is 1. The van der Waals surface area contributed by atoms with Gasteiger partial charge in [0.25, 0.3) is 5.91 Å². The van der Waals surface area contributed by atoms with Crippen LogP contribution in [0.15, 0.2) is 72.8 Å². The molecule has 2 N–H and O–H groups in total. The molecule has 0 aliphatic rings. The lowest BCUT2D eigenvalue weighted by molar-refractivity contribution is -0.137. The number of nitrogens with zero attached hydrogens (tertiary/aromatic N) is 2. The average Bonchev–Trinajstić information content (AvgIpc) is 2.87. The number of carbonyl (C=O) groups is 2. The van der Waals surface area contributed by atoms with Crippen molar-refractivity contribution in [2.24, 2.45) is 0 Å². The number of carboxylic acids is 1. The summed E-state index contributed by atoms with van der Waals surface area (Å²) in [4.78, 5) is 33.3. The van der Waals surface area contributed by atoms with Crippen LogP contribution in [0.25, 0.3) is 22.3 Å². The first kappa shape index (κ1) is 24.4. The van der Waals surface area contributed by atoms with Crippen molar-refractivity contribution in [3.63, 3.8) is 0 Å². The van der Waals surface area contributed by atoms with Gasteiger partial charge in [-0.25, -0.2) is 9.97 Å². The Labute approximate surface area is 209 Å². The molecule has 0 bridgehead atoms. The van der Waals surface area contributed by atoms with Crippen LogP contribution >= 0.6 is 11.6 Å². The SMILES string of the molecule is O=C(O)CCCCc1nc2cc(C(=O)NCCc3ccccc3)ccc2nc1-c1ccc(Cl)cc1. The van der Waals surface area contributed by atoms with Gasteiger partial charge in [0.05, 0.1) is 22.4 Å². The summed E-state index contributed by atoms with van der Waals surface area (Å²) in [5.74, 6) is -0.968. The fraction of sp³-hybridized carbons (Fsp3) is 0.214. The maximum Gasteiger partial charge on any atom is 0.303 e. The molecule has 0 saturated carbocycles. The smallest absolute Gasteiger partial charge is 0.303 e. The maximum atomic E-state index is 12.7. The molecule has 178 valence electrons. The van der Waals surface area contributed by atoms with Crippen molar-refractivity contribution in [3.8, 4) is 11.3 Å². The zero-order chi connectivity index (χ0) is 24.6. The van der Waals surface area contributed by atoms with Crippen LogP contribution in [-0.2, 0) is 17.6 Å². The van der Waals surface area contributed by atoms with Crippen LogP contribution in [0.1, 0.15) is 40.9 Å². The van der Waals surface area contributed by atoms with Gasteiger partial charge in [-0.1, -0.05) is 54.1 Å². The molecule has 0 spiro atoms. The van der Waals surface area contributed by atoms with Crippen LogP contribution in [0.5, 0.6) is 0 Å². The monoisotopic (exact) mass is 487 g/mol. The number of hydrogen-bond acceptors (Lipinski definition) is 4. The standard InChI is InChI=1S/C28H26ClN3O3/c29-22-13-10-20(11-14-22)27-24(8-4-5-9-26(33)34)31-25-18-21(12-15-23(25)32-27)28(35)30-17-16-19-6-2-1-3-7-19/h1-3,6-7,10-15,18H,4-5,8-9,16-17H2,(H,30,35)(H,33,34). The first-order chi connectivity index (χ1) is 17.0. The van der Waals surface area contributed by atoms with Crippen molar-refractivity contribution in [3.05, 3.63) is 94.6 Å². The fourth-order valence-electron chi connectivity index (χ4n) is 3.88. The Hall–Kier alpha value is -3.77. The van der Waals surface area contributed by atoms with Crippen LogP contribution in [0.4, 0.5) is 0 Å². The van der Waals surface area contributed by atoms with Gasteiger partial charge in [-0.05, 0) is 61.6 Å². The number of aromatic nitrogens is 2. The van der Waals surface area contributed by atoms with E-state index in [1.807, 2.05) is 48.5 Å². The molecule has 0 radical (unpaired) electrons. The lowest BCUT2D eigenvalue weighted by Gasteiger charge is -2.11. The molecule has 0 unspecified atom stereocenters. The Balaban J connectivity index is 1.56. The molecule has 4 rings (SSSR count). The number of amides is 1. The lowest BCUT2D eigenvalue weighted by atomic mass is 10.0. The summed E-state index contributed by atoms with van der Waals surface area (Å²) in [6.07, 6.45) is 2.68. The molecule has 6 nitrogen and oxygen atoms in total. The number of rotatable bonds is 10. The molecule has 0 aliphatic carbocycles. The second-order valence-electron chi connectivity index (χ2n) is 8.32. The molecule has 35 heavy (non-hydrogen) atoms. The third-order valence-electron chi connectivity index (χ3n) is 5.71. The predicted molar refractivity (Wildman–Crippen MR) is 138 cm³/mol. The number of unbranched alkanes of at least 4 members (excludes halogenated alkanes) is 1. The maximum absolute atomic E-state index is 12.7. The summed E-state index contributed by atoms with van der Waals surface area (Å²) in [5, 5.41) is 12.5. The number of benzene rings is 3. The van der Waals surface area contributed by atoms with Crippen LogP contribution in [0.2, 0.25) is 5.02 Å². The van der Waals surface area contributed by atoms with E-state index >= 15 is 0 Å². The normalized spacial score (nSPS) is 10.9.